The third kappa shape index (κ3) is 7.58. The molecule has 220 valence electrons. The summed E-state index contributed by atoms with van der Waals surface area (Å²) in [6.45, 7) is 8.87. The summed E-state index contributed by atoms with van der Waals surface area (Å²) in [5.74, 6) is -3.90. The van der Waals surface area contributed by atoms with Crippen LogP contribution in [0.25, 0.3) is 0 Å². The third-order valence-electron chi connectivity index (χ3n) is 6.87. The first-order valence-corrected chi connectivity index (χ1v) is 13.5. The van der Waals surface area contributed by atoms with Crippen LogP contribution in [0, 0.1) is 21.3 Å². The highest BCUT2D eigenvalue weighted by Crippen LogP contribution is 2.42. The lowest BCUT2D eigenvalue weighted by atomic mass is 9.79. The van der Waals surface area contributed by atoms with Crippen molar-refractivity contribution in [1.82, 2.24) is 10.2 Å². The number of nitrogens with one attached hydrogen (secondary N) is 1. The van der Waals surface area contributed by atoms with Crippen LogP contribution < -0.4 is 5.32 Å². The quantitative estimate of drug-likeness (QED) is 0.200. The van der Waals surface area contributed by atoms with Gasteiger partial charge in [-0.2, -0.15) is 4.39 Å². The van der Waals surface area contributed by atoms with Crippen LogP contribution in [-0.4, -0.2) is 49.1 Å². The fourth-order valence-electron chi connectivity index (χ4n) is 5.24. The van der Waals surface area contributed by atoms with E-state index in [9.17, 15) is 19.7 Å². The lowest BCUT2D eigenvalue weighted by molar-refractivity contribution is -0.387. The van der Waals surface area contributed by atoms with Crippen molar-refractivity contribution in [3.8, 4) is 0 Å². The second kappa shape index (κ2) is 13.5. The van der Waals surface area contributed by atoms with E-state index in [-0.39, 0.29) is 23.3 Å². The SMILES string of the molecule is CCCC1=C(C(=O)OCC(C)(C)CN(C)Cc2ccccc2)C(c2cccc([N+](=O)[O-])c2F)C(C(=O)OC)=C(C)N1. The smallest absolute Gasteiger partial charge is 0.336 e. The number of nitro groups is 1. The van der Waals surface area contributed by atoms with E-state index in [1.165, 1.54) is 19.2 Å². The molecule has 3 rings (SSSR count). The van der Waals surface area contributed by atoms with Crippen LogP contribution in [0.2, 0.25) is 0 Å². The molecule has 9 nitrogen and oxygen atoms in total. The summed E-state index contributed by atoms with van der Waals surface area (Å²) in [6, 6.07) is 13.7. The van der Waals surface area contributed by atoms with Crippen molar-refractivity contribution < 1.29 is 28.4 Å². The van der Waals surface area contributed by atoms with E-state index in [0.717, 1.165) is 11.6 Å². The van der Waals surface area contributed by atoms with Gasteiger partial charge in [0.25, 0.3) is 0 Å². The van der Waals surface area contributed by atoms with Gasteiger partial charge in [-0.05, 0) is 26.0 Å². The molecule has 1 unspecified atom stereocenters. The Bertz CT molecular complexity index is 1350. The van der Waals surface area contributed by atoms with E-state index < -0.39 is 39.7 Å². The zero-order valence-electron chi connectivity index (χ0n) is 24.5. The summed E-state index contributed by atoms with van der Waals surface area (Å²) in [5.41, 5.74) is 0.637. The Morgan fingerprint density at radius 1 is 1.10 bits per heavy atom. The largest absolute Gasteiger partial charge is 0.466 e. The first-order valence-electron chi connectivity index (χ1n) is 13.5. The Morgan fingerprint density at radius 2 is 1.78 bits per heavy atom. The van der Waals surface area contributed by atoms with Gasteiger partial charge in [0, 0.05) is 41.5 Å². The number of nitro benzene ring substituents is 1. The van der Waals surface area contributed by atoms with Crippen LogP contribution in [0.15, 0.2) is 71.1 Å². The number of benzene rings is 2. The van der Waals surface area contributed by atoms with Crippen molar-refractivity contribution in [3.63, 3.8) is 0 Å². The maximum absolute atomic E-state index is 15.6. The minimum absolute atomic E-state index is 0.0134. The Kier molecular flexibility index (Phi) is 10.4. The molecule has 1 aliphatic rings. The number of nitrogens with zero attached hydrogens (tertiary/aromatic N) is 2. The molecule has 0 amide bonds. The second-order valence-electron chi connectivity index (χ2n) is 11.1. The molecule has 0 saturated heterocycles. The molecule has 1 heterocycles. The van der Waals surface area contributed by atoms with E-state index in [0.29, 0.717) is 37.3 Å². The zero-order chi connectivity index (χ0) is 30.3. The second-order valence-corrected chi connectivity index (χ2v) is 11.1. The Labute approximate surface area is 240 Å². The predicted octanol–water partition coefficient (Wildman–Crippen LogP) is 5.62. The average molecular weight is 568 g/mol. The summed E-state index contributed by atoms with van der Waals surface area (Å²) in [4.78, 5) is 39.6. The fraction of sp³-hybridized carbons (Fsp3) is 0.419. The number of halogens is 1. The van der Waals surface area contributed by atoms with E-state index in [4.69, 9.17) is 9.47 Å². The molecule has 0 aromatic heterocycles. The van der Waals surface area contributed by atoms with Gasteiger partial charge < -0.3 is 19.7 Å². The Balaban J connectivity index is 1.97. The molecule has 10 heteroatoms. The Hall–Kier alpha value is -4.05. The zero-order valence-corrected chi connectivity index (χ0v) is 24.5. The van der Waals surface area contributed by atoms with Crippen LogP contribution in [-0.2, 0) is 25.6 Å². The van der Waals surface area contributed by atoms with Crippen LogP contribution in [0.1, 0.15) is 57.6 Å². The highest BCUT2D eigenvalue weighted by molar-refractivity contribution is 6.00. The lowest BCUT2D eigenvalue weighted by Crippen LogP contribution is -2.37. The number of hydrogen-bond donors (Lipinski definition) is 1. The lowest BCUT2D eigenvalue weighted by Gasteiger charge is -2.33. The van der Waals surface area contributed by atoms with Crippen LogP contribution in [0.5, 0.6) is 0 Å². The van der Waals surface area contributed by atoms with Crippen LogP contribution >= 0.6 is 0 Å². The monoisotopic (exact) mass is 567 g/mol. The summed E-state index contributed by atoms with van der Waals surface area (Å²) in [5, 5.41) is 14.7. The molecule has 0 fully saturated rings. The molecule has 0 aliphatic carbocycles. The maximum atomic E-state index is 15.6. The molecule has 41 heavy (non-hydrogen) atoms. The number of esters is 2. The van der Waals surface area contributed by atoms with Crippen molar-refractivity contribution in [2.45, 2.75) is 53.0 Å². The van der Waals surface area contributed by atoms with Crippen molar-refractivity contribution in [1.29, 1.82) is 0 Å². The van der Waals surface area contributed by atoms with Gasteiger partial charge in [0.1, 0.15) is 0 Å². The molecule has 0 radical (unpaired) electrons. The van der Waals surface area contributed by atoms with Crippen LogP contribution in [0.3, 0.4) is 0 Å². The topological polar surface area (TPSA) is 111 Å². The summed E-state index contributed by atoms with van der Waals surface area (Å²) in [6.07, 6.45) is 1.05. The number of rotatable bonds is 12. The van der Waals surface area contributed by atoms with E-state index in [1.807, 2.05) is 58.2 Å². The van der Waals surface area contributed by atoms with Gasteiger partial charge in [-0.25, -0.2) is 9.59 Å². The minimum Gasteiger partial charge on any atom is -0.466 e. The van der Waals surface area contributed by atoms with E-state index >= 15 is 4.39 Å². The summed E-state index contributed by atoms with van der Waals surface area (Å²) >= 11 is 0. The molecule has 2 aromatic rings. The number of hydrogen-bond acceptors (Lipinski definition) is 8. The molecular weight excluding hydrogens is 529 g/mol. The van der Waals surface area contributed by atoms with Gasteiger partial charge in [-0.1, -0.05) is 69.7 Å². The molecular formula is C31H38FN3O6. The first-order chi connectivity index (χ1) is 19.4. The van der Waals surface area contributed by atoms with Gasteiger partial charge in [-0.15, -0.1) is 0 Å². The standard InChI is InChI=1S/C31H38FN3O6/c1-7-12-23-27(30(37)41-19-31(3,4)18-34(5)17-21-13-9-8-10-14-21)26(25(20(2)33-23)29(36)40-6)22-15-11-16-24(28(22)32)35(38)39/h8-11,13-16,26,33H,7,12,17-19H2,1-6H3. The molecule has 0 bridgehead atoms. The Morgan fingerprint density at radius 3 is 2.39 bits per heavy atom. The summed E-state index contributed by atoms with van der Waals surface area (Å²) < 4.78 is 26.4. The molecule has 2 aromatic carbocycles. The van der Waals surface area contributed by atoms with E-state index in [2.05, 4.69) is 10.2 Å². The van der Waals surface area contributed by atoms with Crippen molar-refractivity contribution in [3.05, 3.63) is 98.1 Å². The highest BCUT2D eigenvalue weighted by atomic mass is 19.1. The van der Waals surface area contributed by atoms with E-state index in [1.54, 1.807) is 6.92 Å². The summed E-state index contributed by atoms with van der Waals surface area (Å²) in [7, 11) is 3.17. The fourth-order valence-corrected chi connectivity index (χ4v) is 5.24. The van der Waals surface area contributed by atoms with Gasteiger partial charge in [0.05, 0.1) is 35.7 Å². The minimum atomic E-state index is -1.26. The molecule has 0 saturated carbocycles. The molecule has 0 spiro atoms. The predicted molar refractivity (Wildman–Crippen MR) is 153 cm³/mol. The molecule has 1 N–H and O–H groups in total. The third-order valence-corrected chi connectivity index (χ3v) is 6.87. The number of carbonyl (C=O) groups excluding carboxylic acids is 2. The number of allylic oxidation sites excluding steroid dienone is 2. The normalized spacial score (nSPS) is 15.6. The highest BCUT2D eigenvalue weighted by Gasteiger charge is 2.41. The molecule has 1 atom stereocenters. The number of methoxy groups -OCH3 is 1. The van der Waals surface area contributed by atoms with Crippen molar-refractivity contribution in [2.75, 3.05) is 27.3 Å². The number of dihydropyridines is 1. The first kappa shape index (κ1) is 31.5. The average Bonchev–Trinajstić information content (AvgIpc) is 2.91. The molecule has 1 aliphatic heterocycles. The van der Waals surface area contributed by atoms with Gasteiger partial charge in [0.15, 0.2) is 0 Å². The van der Waals surface area contributed by atoms with Gasteiger partial charge >= 0.3 is 17.6 Å². The van der Waals surface area contributed by atoms with Crippen LogP contribution in [0.4, 0.5) is 10.1 Å². The van der Waals surface area contributed by atoms with Crippen molar-refractivity contribution in [2.24, 2.45) is 5.41 Å². The van der Waals surface area contributed by atoms with Gasteiger partial charge in [0.2, 0.25) is 5.82 Å². The number of carbonyl (C=O) groups is 2. The maximum Gasteiger partial charge on any atom is 0.336 e. The van der Waals surface area contributed by atoms with Crippen molar-refractivity contribution >= 4 is 17.6 Å². The number of ether oxygens (including phenoxy) is 2. The van der Waals surface area contributed by atoms with Gasteiger partial charge in [-0.3, -0.25) is 10.1 Å².